The molecule has 1 fully saturated rings. The summed E-state index contributed by atoms with van der Waals surface area (Å²) in [6, 6.07) is 0. The molecule has 1 heteroatoms. The molecule has 0 aromatic heterocycles. The van der Waals surface area contributed by atoms with Crippen LogP contribution in [0.15, 0.2) is 0 Å². The van der Waals surface area contributed by atoms with Crippen LogP contribution in [-0.2, 0) is 4.79 Å². The lowest BCUT2D eigenvalue weighted by molar-refractivity contribution is -0.122. The summed E-state index contributed by atoms with van der Waals surface area (Å²) in [6.07, 6.45) is 6.67. The zero-order valence-electron chi connectivity index (χ0n) is 8.31. The maximum Gasteiger partial charge on any atom is 0.133 e. The van der Waals surface area contributed by atoms with Crippen molar-refractivity contribution < 1.29 is 4.79 Å². The van der Waals surface area contributed by atoms with E-state index in [0.29, 0.717) is 11.7 Å². The van der Waals surface area contributed by atoms with Gasteiger partial charge in [0.05, 0.1) is 0 Å². The van der Waals surface area contributed by atoms with Gasteiger partial charge in [0.15, 0.2) is 0 Å². The van der Waals surface area contributed by atoms with Crippen LogP contribution in [0.4, 0.5) is 0 Å². The Kier molecular flexibility index (Phi) is 3.77. The largest absolute Gasteiger partial charge is 0.300 e. The third-order valence-electron chi connectivity index (χ3n) is 3.07. The van der Waals surface area contributed by atoms with Crippen LogP contribution in [0.3, 0.4) is 0 Å². The van der Waals surface area contributed by atoms with Gasteiger partial charge in [-0.05, 0) is 24.7 Å². The number of Topliss-reactive ketones (excluding diaryl/α,β-unsaturated/α-hetero) is 1. The quantitative estimate of drug-likeness (QED) is 0.632. The Morgan fingerprint density at radius 3 is 2.92 bits per heavy atom. The third kappa shape index (κ3) is 2.62. The zero-order valence-corrected chi connectivity index (χ0v) is 8.31. The maximum atomic E-state index is 11.2. The molecule has 70 valence electrons. The fourth-order valence-electron chi connectivity index (χ4n) is 2.23. The van der Waals surface area contributed by atoms with Crippen LogP contribution in [0.25, 0.3) is 0 Å². The molecule has 2 atom stereocenters. The second-order valence-electron chi connectivity index (χ2n) is 4.16. The summed E-state index contributed by atoms with van der Waals surface area (Å²) < 4.78 is 0. The van der Waals surface area contributed by atoms with Gasteiger partial charge >= 0.3 is 0 Å². The van der Waals surface area contributed by atoms with Crippen molar-refractivity contribution in [2.45, 2.75) is 52.4 Å². The van der Waals surface area contributed by atoms with E-state index in [-0.39, 0.29) is 0 Å². The van der Waals surface area contributed by atoms with Crippen LogP contribution in [-0.4, -0.2) is 5.78 Å². The molecule has 1 saturated carbocycles. The van der Waals surface area contributed by atoms with Crippen LogP contribution in [0, 0.1) is 11.8 Å². The van der Waals surface area contributed by atoms with Crippen LogP contribution >= 0.6 is 0 Å². The topological polar surface area (TPSA) is 17.1 Å². The maximum absolute atomic E-state index is 11.2. The molecule has 0 amide bonds. The second kappa shape index (κ2) is 4.64. The highest BCUT2D eigenvalue weighted by atomic mass is 16.1. The molecule has 1 aliphatic rings. The molecule has 0 saturated heterocycles. The molecule has 0 aliphatic heterocycles. The molecule has 12 heavy (non-hydrogen) atoms. The van der Waals surface area contributed by atoms with E-state index in [1.807, 2.05) is 0 Å². The van der Waals surface area contributed by atoms with Crippen molar-refractivity contribution in [2.24, 2.45) is 11.8 Å². The van der Waals surface area contributed by atoms with E-state index in [2.05, 4.69) is 13.8 Å². The first-order valence-corrected chi connectivity index (χ1v) is 5.25. The lowest BCUT2D eigenvalue weighted by Crippen LogP contribution is -2.20. The molecule has 0 heterocycles. The average Bonchev–Trinajstić information content (AvgIpc) is 2.05. The number of carbonyl (C=O) groups is 1. The molecule has 1 rings (SSSR count). The summed E-state index contributed by atoms with van der Waals surface area (Å²) >= 11 is 0. The SMILES string of the molecule is CCCC(C)C1CCCC(=O)C1. The van der Waals surface area contributed by atoms with Crippen molar-refractivity contribution in [1.29, 1.82) is 0 Å². The fraction of sp³-hybridized carbons (Fsp3) is 0.909. The number of hydrogen-bond donors (Lipinski definition) is 0. The van der Waals surface area contributed by atoms with Crippen molar-refractivity contribution in [3.05, 3.63) is 0 Å². The molecule has 2 unspecified atom stereocenters. The highest BCUT2D eigenvalue weighted by molar-refractivity contribution is 5.79. The average molecular weight is 168 g/mol. The lowest BCUT2D eigenvalue weighted by atomic mass is 9.78. The Morgan fingerprint density at radius 1 is 1.58 bits per heavy atom. The number of ketones is 1. The lowest BCUT2D eigenvalue weighted by Gasteiger charge is -2.26. The molecule has 1 nitrogen and oxygen atoms in total. The van der Waals surface area contributed by atoms with Gasteiger partial charge in [0.25, 0.3) is 0 Å². The van der Waals surface area contributed by atoms with E-state index in [1.54, 1.807) is 0 Å². The summed E-state index contributed by atoms with van der Waals surface area (Å²) in [5, 5.41) is 0. The Labute approximate surface area is 75.5 Å². The Bertz CT molecular complexity index is 151. The first-order valence-electron chi connectivity index (χ1n) is 5.25. The molecular formula is C11H20O. The van der Waals surface area contributed by atoms with Crippen molar-refractivity contribution >= 4 is 5.78 Å². The minimum absolute atomic E-state index is 0.495. The molecule has 1 aliphatic carbocycles. The number of hydrogen-bond acceptors (Lipinski definition) is 1. The summed E-state index contributed by atoms with van der Waals surface area (Å²) in [6.45, 7) is 4.52. The van der Waals surface area contributed by atoms with Gasteiger partial charge in [0, 0.05) is 12.8 Å². The predicted octanol–water partition coefficient (Wildman–Crippen LogP) is 3.18. The molecule has 0 N–H and O–H groups in total. The van der Waals surface area contributed by atoms with Gasteiger partial charge in [0.1, 0.15) is 5.78 Å². The van der Waals surface area contributed by atoms with E-state index in [1.165, 1.54) is 19.3 Å². The van der Waals surface area contributed by atoms with Crippen LogP contribution < -0.4 is 0 Å². The van der Waals surface area contributed by atoms with Gasteiger partial charge in [-0.3, -0.25) is 4.79 Å². The van der Waals surface area contributed by atoms with Crippen molar-refractivity contribution in [3.8, 4) is 0 Å². The van der Waals surface area contributed by atoms with Gasteiger partial charge in [-0.2, -0.15) is 0 Å². The summed E-state index contributed by atoms with van der Waals surface area (Å²) in [7, 11) is 0. The first kappa shape index (κ1) is 9.76. The molecule has 0 bridgehead atoms. The Hall–Kier alpha value is -0.330. The van der Waals surface area contributed by atoms with Gasteiger partial charge in [0.2, 0.25) is 0 Å². The zero-order chi connectivity index (χ0) is 8.97. The standard InChI is InChI=1S/C11H20O/c1-3-5-9(2)10-6-4-7-11(12)8-10/h9-10H,3-8H2,1-2H3. The van der Waals surface area contributed by atoms with Gasteiger partial charge in [-0.1, -0.05) is 26.7 Å². The highest BCUT2D eigenvalue weighted by Gasteiger charge is 2.23. The summed E-state index contributed by atoms with van der Waals surface area (Å²) in [4.78, 5) is 11.2. The normalized spacial score (nSPS) is 27.2. The van der Waals surface area contributed by atoms with Gasteiger partial charge in [-0.25, -0.2) is 0 Å². The van der Waals surface area contributed by atoms with Crippen molar-refractivity contribution in [3.63, 3.8) is 0 Å². The summed E-state index contributed by atoms with van der Waals surface area (Å²) in [5.41, 5.74) is 0. The first-order chi connectivity index (χ1) is 5.74. The van der Waals surface area contributed by atoms with Gasteiger partial charge < -0.3 is 0 Å². The van der Waals surface area contributed by atoms with Crippen LogP contribution in [0.5, 0.6) is 0 Å². The molecule has 0 aromatic carbocycles. The fourth-order valence-corrected chi connectivity index (χ4v) is 2.23. The van der Waals surface area contributed by atoms with E-state index in [0.717, 1.165) is 25.2 Å². The van der Waals surface area contributed by atoms with E-state index in [9.17, 15) is 4.79 Å². The van der Waals surface area contributed by atoms with E-state index in [4.69, 9.17) is 0 Å². The van der Waals surface area contributed by atoms with Crippen LogP contribution in [0.1, 0.15) is 52.4 Å². The van der Waals surface area contributed by atoms with E-state index < -0.39 is 0 Å². The van der Waals surface area contributed by atoms with Gasteiger partial charge in [-0.15, -0.1) is 0 Å². The number of carbonyl (C=O) groups excluding carboxylic acids is 1. The van der Waals surface area contributed by atoms with Crippen molar-refractivity contribution in [2.75, 3.05) is 0 Å². The Balaban J connectivity index is 2.34. The predicted molar refractivity (Wildman–Crippen MR) is 51.0 cm³/mol. The van der Waals surface area contributed by atoms with Crippen molar-refractivity contribution in [1.82, 2.24) is 0 Å². The minimum atomic E-state index is 0.495. The number of rotatable bonds is 3. The smallest absolute Gasteiger partial charge is 0.133 e. The molecule has 0 aromatic rings. The third-order valence-corrected chi connectivity index (χ3v) is 3.07. The summed E-state index contributed by atoms with van der Waals surface area (Å²) in [5.74, 6) is 1.96. The Morgan fingerprint density at radius 2 is 2.33 bits per heavy atom. The van der Waals surface area contributed by atoms with Crippen LogP contribution in [0.2, 0.25) is 0 Å². The molecular weight excluding hydrogens is 148 g/mol. The molecule has 0 radical (unpaired) electrons. The molecule has 0 spiro atoms. The minimum Gasteiger partial charge on any atom is -0.300 e. The monoisotopic (exact) mass is 168 g/mol. The second-order valence-corrected chi connectivity index (χ2v) is 4.16. The van der Waals surface area contributed by atoms with E-state index >= 15 is 0 Å². The highest BCUT2D eigenvalue weighted by Crippen LogP contribution is 2.30.